The van der Waals surface area contributed by atoms with E-state index in [4.69, 9.17) is 14.3 Å². The summed E-state index contributed by atoms with van der Waals surface area (Å²) < 4.78 is 12.2. The van der Waals surface area contributed by atoms with E-state index in [0.29, 0.717) is 17.2 Å². The molecule has 0 saturated heterocycles. The maximum atomic E-state index is 12.5. The minimum Gasteiger partial charge on any atom is -0.485 e. The van der Waals surface area contributed by atoms with E-state index in [-0.39, 0.29) is 25.0 Å². The highest BCUT2D eigenvalue weighted by Crippen LogP contribution is 2.39. The summed E-state index contributed by atoms with van der Waals surface area (Å²) >= 11 is 0. The zero-order valence-electron chi connectivity index (χ0n) is 18.0. The molecule has 6 heteroatoms. The molecular weight excluding hydrogens is 382 g/mol. The second-order valence-corrected chi connectivity index (χ2v) is 8.20. The number of benzene rings is 1. The van der Waals surface area contributed by atoms with Crippen LogP contribution in [0.4, 0.5) is 0 Å². The first kappa shape index (κ1) is 21.9. The fourth-order valence-corrected chi connectivity index (χ4v) is 4.19. The molecule has 0 aliphatic heterocycles. The summed E-state index contributed by atoms with van der Waals surface area (Å²) in [7, 11) is 1.61. The Labute approximate surface area is 177 Å². The number of aryl methyl sites for hydroxylation is 2. The zero-order chi connectivity index (χ0) is 21.7. The van der Waals surface area contributed by atoms with Crippen molar-refractivity contribution >= 4 is 11.9 Å². The number of carboxylic acids is 1. The van der Waals surface area contributed by atoms with E-state index in [1.165, 1.54) is 24.2 Å². The van der Waals surface area contributed by atoms with Crippen molar-refractivity contribution in [2.24, 2.45) is 5.92 Å². The predicted molar refractivity (Wildman–Crippen MR) is 114 cm³/mol. The van der Waals surface area contributed by atoms with Gasteiger partial charge < -0.3 is 19.2 Å². The van der Waals surface area contributed by atoms with E-state index in [9.17, 15) is 9.59 Å². The fourth-order valence-electron chi connectivity index (χ4n) is 4.19. The fraction of sp³-hybridized carbons (Fsp3) is 0.500. The van der Waals surface area contributed by atoms with E-state index >= 15 is 0 Å². The molecular formula is C24H31NO5. The lowest BCUT2D eigenvalue weighted by Gasteiger charge is -2.30. The molecule has 1 N–H and O–H groups in total. The molecule has 1 aliphatic rings. The number of nitrogens with zero attached hydrogens (tertiary/aromatic N) is 1. The third kappa shape index (κ3) is 5.43. The molecule has 162 valence electrons. The average molecular weight is 414 g/mol. The van der Waals surface area contributed by atoms with Crippen molar-refractivity contribution < 1.29 is 23.8 Å². The molecule has 1 amide bonds. The quantitative estimate of drug-likeness (QED) is 0.648. The van der Waals surface area contributed by atoms with Crippen LogP contribution in [-0.4, -0.2) is 35.5 Å². The maximum Gasteiger partial charge on any atom is 0.305 e. The van der Waals surface area contributed by atoms with Crippen molar-refractivity contribution in [1.29, 1.82) is 0 Å². The number of carbonyl (C=O) groups excluding carboxylic acids is 1. The van der Waals surface area contributed by atoms with Crippen molar-refractivity contribution in [3.63, 3.8) is 0 Å². The van der Waals surface area contributed by atoms with Crippen LogP contribution in [0.2, 0.25) is 0 Å². The Kier molecular flexibility index (Phi) is 7.19. The topological polar surface area (TPSA) is 80.0 Å². The normalized spacial score (nSPS) is 15.6. The van der Waals surface area contributed by atoms with Crippen LogP contribution in [0.1, 0.15) is 72.1 Å². The number of carboxylic acid groups (broad SMARTS) is 1. The predicted octanol–water partition coefficient (Wildman–Crippen LogP) is 5.14. The van der Waals surface area contributed by atoms with Gasteiger partial charge in [-0.15, -0.1) is 0 Å². The average Bonchev–Trinajstić information content (AvgIpc) is 3.08. The number of hydrogen-bond donors (Lipinski definition) is 1. The summed E-state index contributed by atoms with van der Waals surface area (Å²) in [5.41, 5.74) is 1.62. The van der Waals surface area contributed by atoms with Gasteiger partial charge in [0.1, 0.15) is 23.4 Å². The Balaban J connectivity index is 1.74. The van der Waals surface area contributed by atoms with Gasteiger partial charge in [0.05, 0.1) is 6.42 Å². The molecule has 30 heavy (non-hydrogen) atoms. The summed E-state index contributed by atoms with van der Waals surface area (Å²) in [6.45, 7) is 4.11. The van der Waals surface area contributed by atoms with Crippen LogP contribution in [0.3, 0.4) is 0 Å². The monoisotopic (exact) mass is 413 g/mol. The van der Waals surface area contributed by atoms with E-state index in [1.54, 1.807) is 19.2 Å². The first-order chi connectivity index (χ1) is 14.3. The molecule has 1 aromatic heterocycles. The number of hydrogen-bond acceptors (Lipinski definition) is 4. The zero-order valence-corrected chi connectivity index (χ0v) is 18.0. The van der Waals surface area contributed by atoms with Crippen LogP contribution in [0, 0.1) is 19.8 Å². The molecule has 1 aromatic carbocycles. The van der Waals surface area contributed by atoms with Crippen LogP contribution < -0.4 is 4.74 Å². The lowest BCUT2D eigenvalue weighted by Crippen LogP contribution is -2.29. The summed E-state index contributed by atoms with van der Waals surface area (Å²) in [6, 6.07) is 9.18. The Morgan fingerprint density at radius 2 is 1.83 bits per heavy atom. The molecule has 1 atom stereocenters. The van der Waals surface area contributed by atoms with E-state index < -0.39 is 5.97 Å². The van der Waals surface area contributed by atoms with Gasteiger partial charge in [-0.2, -0.15) is 0 Å². The van der Waals surface area contributed by atoms with Crippen LogP contribution >= 0.6 is 0 Å². The van der Waals surface area contributed by atoms with Crippen LogP contribution in [0.15, 0.2) is 34.7 Å². The van der Waals surface area contributed by atoms with Crippen molar-refractivity contribution in [2.45, 2.75) is 58.5 Å². The van der Waals surface area contributed by atoms with E-state index in [0.717, 1.165) is 29.9 Å². The standard InChI is InChI=1S/C24H31NO5/c1-16-15-21(17(2)29-16)23(18-7-5-4-6-8-18)30-20-11-9-19(10-12-20)24(28)25(3)14-13-22(26)27/h9-12,15,18,23H,4-8,13-14H2,1-3H3,(H,26,27). The first-order valence-electron chi connectivity index (χ1n) is 10.7. The third-order valence-corrected chi connectivity index (χ3v) is 5.84. The molecule has 0 radical (unpaired) electrons. The van der Waals surface area contributed by atoms with Gasteiger partial charge in [-0.25, -0.2) is 0 Å². The van der Waals surface area contributed by atoms with Gasteiger partial charge in [-0.3, -0.25) is 9.59 Å². The maximum absolute atomic E-state index is 12.5. The van der Waals surface area contributed by atoms with Crippen LogP contribution in [-0.2, 0) is 4.79 Å². The molecule has 0 bridgehead atoms. The van der Waals surface area contributed by atoms with Gasteiger partial charge in [0, 0.05) is 30.6 Å². The number of rotatable bonds is 8. The smallest absolute Gasteiger partial charge is 0.305 e. The number of amides is 1. The number of carbonyl (C=O) groups is 2. The number of furan rings is 1. The Morgan fingerprint density at radius 1 is 1.17 bits per heavy atom. The second-order valence-electron chi connectivity index (χ2n) is 8.20. The Bertz CT molecular complexity index is 864. The van der Waals surface area contributed by atoms with Gasteiger partial charge >= 0.3 is 5.97 Å². The van der Waals surface area contributed by atoms with Gasteiger partial charge in [-0.1, -0.05) is 19.3 Å². The lowest BCUT2D eigenvalue weighted by molar-refractivity contribution is -0.137. The summed E-state index contributed by atoms with van der Waals surface area (Å²) in [4.78, 5) is 24.6. The Hall–Kier alpha value is -2.76. The largest absolute Gasteiger partial charge is 0.485 e. The lowest BCUT2D eigenvalue weighted by atomic mass is 9.82. The highest BCUT2D eigenvalue weighted by atomic mass is 16.5. The highest BCUT2D eigenvalue weighted by molar-refractivity contribution is 5.94. The second kappa shape index (κ2) is 9.83. The molecule has 1 fully saturated rings. The van der Waals surface area contributed by atoms with Gasteiger partial charge in [-0.05, 0) is 57.0 Å². The Morgan fingerprint density at radius 3 is 2.40 bits per heavy atom. The first-order valence-corrected chi connectivity index (χ1v) is 10.7. The van der Waals surface area contributed by atoms with Crippen molar-refractivity contribution in [3.8, 4) is 5.75 Å². The molecule has 6 nitrogen and oxygen atoms in total. The van der Waals surface area contributed by atoms with Crippen molar-refractivity contribution in [3.05, 3.63) is 53.0 Å². The summed E-state index contributed by atoms with van der Waals surface area (Å²) in [6.07, 6.45) is 5.85. The van der Waals surface area contributed by atoms with Gasteiger partial charge in [0.25, 0.3) is 5.91 Å². The summed E-state index contributed by atoms with van der Waals surface area (Å²) in [5, 5.41) is 8.80. The van der Waals surface area contributed by atoms with Crippen LogP contribution in [0.5, 0.6) is 5.75 Å². The molecule has 1 saturated carbocycles. The minimum absolute atomic E-state index is 0.0671. The highest BCUT2D eigenvalue weighted by Gasteiger charge is 2.29. The molecule has 1 aliphatic carbocycles. The molecule has 0 spiro atoms. The SMILES string of the molecule is Cc1cc(C(Oc2ccc(C(=O)N(C)CCC(=O)O)cc2)C2CCCCC2)c(C)o1. The van der Waals surface area contributed by atoms with Crippen molar-refractivity contribution in [1.82, 2.24) is 4.90 Å². The van der Waals surface area contributed by atoms with Crippen LogP contribution in [0.25, 0.3) is 0 Å². The van der Waals surface area contributed by atoms with Gasteiger partial charge in [0.15, 0.2) is 0 Å². The van der Waals surface area contributed by atoms with Crippen molar-refractivity contribution in [2.75, 3.05) is 13.6 Å². The molecule has 3 rings (SSSR count). The minimum atomic E-state index is -0.920. The van der Waals surface area contributed by atoms with Gasteiger partial charge in [0.2, 0.25) is 0 Å². The van der Waals surface area contributed by atoms with E-state index in [1.807, 2.05) is 26.0 Å². The number of ether oxygens (including phenoxy) is 1. The molecule has 2 aromatic rings. The molecule has 1 unspecified atom stereocenters. The number of aliphatic carboxylic acids is 1. The third-order valence-electron chi connectivity index (χ3n) is 5.84. The molecule has 1 heterocycles. The van der Waals surface area contributed by atoms with E-state index in [2.05, 4.69) is 6.07 Å². The summed E-state index contributed by atoms with van der Waals surface area (Å²) in [5.74, 6) is 1.82.